The van der Waals surface area contributed by atoms with E-state index in [0.717, 1.165) is 24.2 Å². The summed E-state index contributed by atoms with van der Waals surface area (Å²) < 4.78 is 0. The molecule has 0 atom stereocenters. The van der Waals surface area contributed by atoms with E-state index in [-0.39, 0.29) is 17.9 Å². The second-order valence-corrected chi connectivity index (χ2v) is 6.11. The summed E-state index contributed by atoms with van der Waals surface area (Å²) >= 11 is 0. The maximum Gasteiger partial charge on any atom is 0.251 e. The average Bonchev–Trinajstić information content (AvgIpc) is 3.36. The molecule has 1 aliphatic carbocycles. The first-order valence-electron chi connectivity index (χ1n) is 7.67. The standard InChI is InChI=1S/C17H20N4O2/c1-12-5-6-15(21-20-12)19-14-4-2-3-13(9-14)16(23)18-10-17(11-22)7-8-17/h2-6,9,22H,7-8,10-11H2,1H3,(H,18,23)(H,19,21). The molecule has 1 fully saturated rings. The Morgan fingerprint density at radius 3 is 2.74 bits per heavy atom. The Bertz CT molecular complexity index is 696. The summed E-state index contributed by atoms with van der Waals surface area (Å²) in [5.74, 6) is 0.494. The van der Waals surface area contributed by atoms with Crippen molar-refractivity contribution in [2.24, 2.45) is 5.41 Å². The van der Waals surface area contributed by atoms with Gasteiger partial charge in [0.2, 0.25) is 0 Å². The van der Waals surface area contributed by atoms with Gasteiger partial charge in [-0.1, -0.05) is 6.07 Å². The van der Waals surface area contributed by atoms with E-state index in [9.17, 15) is 9.90 Å². The molecule has 3 rings (SSSR count). The maximum absolute atomic E-state index is 12.2. The molecule has 6 nitrogen and oxygen atoms in total. The topological polar surface area (TPSA) is 87.1 Å². The Labute approximate surface area is 135 Å². The van der Waals surface area contributed by atoms with Gasteiger partial charge >= 0.3 is 0 Å². The lowest BCUT2D eigenvalue weighted by molar-refractivity contribution is 0.0935. The van der Waals surface area contributed by atoms with Gasteiger partial charge in [0, 0.05) is 23.2 Å². The van der Waals surface area contributed by atoms with E-state index in [1.807, 2.05) is 31.2 Å². The Morgan fingerprint density at radius 2 is 2.09 bits per heavy atom. The lowest BCUT2D eigenvalue weighted by Crippen LogP contribution is -2.31. The number of nitrogens with one attached hydrogen (secondary N) is 2. The van der Waals surface area contributed by atoms with Crippen LogP contribution in [0.25, 0.3) is 0 Å². The van der Waals surface area contributed by atoms with Crippen LogP contribution in [0.5, 0.6) is 0 Å². The fourth-order valence-electron chi connectivity index (χ4n) is 2.29. The van der Waals surface area contributed by atoms with Crippen LogP contribution in [0.1, 0.15) is 28.9 Å². The number of hydrogen-bond donors (Lipinski definition) is 3. The van der Waals surface area contributed by atoms with Crippen LogP contribution in [0.2, 0.25) is 0 Å². The molecule has 1 saturated carbocycles. The molecule has 1 heterocycles. The number of carbonyl (C=O) groups is 1. The van der Waals surface area contributed by atoms with E-state index in [4.69, 9.17) is 0 Å². The number of rotatable bonds is 6. The number of aromatic nitrogens is 2. The molecule has 1 aromatic heterocycles. The van der Waals surface area contributed by atoms with Crippen molar-refractivity contribution in [1.82, 2.24) is 15.5 Å². The van der Waals surface area contributed by atoms with Crippen molar-refractivity contribution < 1.29 is 9.90 Å². The highest BCUT2D eigenvalue weighted by Gasteiger charge is 2.42. The summed E-state index contributed by atoms with van der Waals surface area (Å²) in [6.45, 7) is 2.52. The highest BCUT2D eigenvalue weighted by atomic mass is 16.3. The number of carbonyl (C=O) groups excluding carboxylic acids is 1. The molecule has 0 radical (unpaired) electrons. The van der Waals surface area contributed by atoms with E-state index < -0.39 is 0 Å². The Kier molecular flexibility index (Phi) is 4.25. The summed E-state index contributed by atoms with van der Waals surface area (Å²) in [7, 11) is 0. The van der Waals surface area contributed by atoms with E-state index >= 15 is 0 Å². The second-order valence-electron chi connectivity index (χ2n) is 6.11. The molecular weight excluding hydrogens is 292 g/mol. The Balaban J connectivity index is 1.64. The van der Waals surface area contributed by atoms with E-state index in [1.54, 1.807) is 12.1 Å². The van der Waals surface area contributed by atoms with Crippen molar-refractivity contribution in [3.8, 4) is 0 Å². The Morgan fingerprint density at radius 1 is 1.26 bits per heavy atom. The van der Waals surface area contributed by atoms with Gasteiger partial charge in [-0.15, -0.1) is 5.10 Å². The van der Waals surface area contributed by atoms with Crippen LogP contribution in [-0.2, 0) is 0 Å². The third kappa shape index (κ3) is 3.84. The maximum atomic E-state index is 12.2. The van der Waals surface area contributed by atoms with Crippen LogP contribution < -0.4 is 10.6 Å². The first-order chi connectivity index (χ1) is 11.1. The predicted octanol–water partition coefficient (Wildman–Crippen LogP) is 2.03. The first-order valence-corrected chi connectivity index (χ1v) is 7.67. The van der Waals surface area contributed by atoms with Gasteiger partial charge in [0.15, 0.2) is 5.82 Å². The first kappa shape index (κ1) is 15.4. The number of amides is 1. The normalized spacial score (nSPS) is 15.0. The molecule has 0 unspecified atom stereocenters. The smallest absolute Gasteiger partial charge is 0.251 e. The monoisotopic (exact) mass is 312 g/mol. The van der Waals surface area contributed by atoms with E-state index in [1.165, 1.54) is 0 Å². The van der Waals surface area contributed by atoms with Gasteiger partial charge in [0.1, 0.15) is 0 Å². The minimum atomic E-state index is -0.136. The highest BCUT2D eigenvalue weighted by molar-refractivity contribution is 5.95. The molecule has 0 spiro atoms. The predicted molar refractivity (Wildman–Crippen MR) is 87.6 cm³/mol. The number of aliphatic hydroxyl groups is 1. The summed E-state index contributed by atoms with van der Waals surface area (Å²) in [6, 6.07) is 10.9. The number of nitrogens with zero attached hydrogens (tertiary/aromatic N) is 2. The van der Waals surface area contributed by atoms with E-state index in [0.29, 0.717) is 17.9 Å². The fraction of sp³-hybridized carbons (Fsp3) is 0.353. The van der Waals surface area contributed by atoms with Gasteiger partial charge in [-0.25, -0.2) is 0 Å². The number of anilines is 2. The zero-order valence-electron chi connectivity index (χ0n) is 13.0. The molecule has 6 heteroatoms. The van der Waals surface area contributed by atoms with Crippen LogP contribution in [0, 0.1) is 12.3 Å². The molecule has 3 N–H and O–H groups in total. The molecule has 120 valence electrons. The zero-order valence-corrected chi connectivity index (χ0v) is 13.0. The molecule has 1 amide bonds. The van der Waals surface area contributed by atoms with Gasteiger partial charge in [0.05, 0.1) is 12.3 Å². The zero-order chi connectivity index (χ0) is 16.3. The number of aryl methyl sites for hydroxylation is 1. The number of aliphatic hydroxyl groups excluding tert-OH is 1. The largest absolute Gasteiger partial charge is 0.396 e. The number of hydrogen-bond acceptors (Lipinski definition) is 5. The minimum absolute atomic E-state index is 0.0942. The average molecular weight is 312 g/mol. The summed E-state index contributed by atoms with van der Waals surface area (Å²) in [5.41, 5.74) is 2.10. The highest BCUT2D eigenvalue weighted by Crippen LogP contribution is 2.44. The minimum Gasteiger partial charge on any atom is -0.396 e. The van der Waals surface area contributed by atoms with Crippen LogP contribution in [0.15, 0.2) is 36.4 Å². The molecule has 2 aromatic rings. The summed E-state index contributed by atoms with van der Waals surface area (Å²) in [6.07, 6.45) is 1.94. The van der Waals surface area contributed by atoms with Gasteiger partial charge in [0.25, 0.3) is 5.91 Å². The SMILES string of the molecule is Cc1ccc(Nc2cccc(C(=O)NCC3(CO)CC3)c2)nn1. The molecule has 0 aliphatic heterocycles. The van der Waals surface area contributed by atoms with Crippen molar-refractivity contribution in [3.05, 3.63) is 47.7 Å². The lowest BCUT2D eigenvalue weighted by atomic mass is 10.1. The molecule has 0 saturated heterocycles. The molecule has 23 heavy (non-hydrogen) atoms. The quantitative estimate of drug-likeness (QED) is 0.760. The number of benzene rings is 1. The van der Waals surface area contributed by atoms with Gasteiger partial charge in [-0.3, -0.25) is 4.79 Å². The van der Waals surface area contributed by atoms with Crippen LogP contribution in [-0.4, -0.2) is 34.4 Å². The van der Waals surface area contributed by atoms with E-state index in [2.05, 4.69) is 20.8 Å². The fourth-order valence-corrected chi connectivity index (χ4v) is 2.29. The summed E-state index contributed by atoms with van der Waals surface area (Å²) in [5, 5.41) is 23.4. The van der Waals surface area contributed by atoms with Crippen molar-refractivity contribution in [1.29, 1.82) is 0 Å². The molecule has 1 aliphatic rings. The molecule has 1 aromatic carbocycles. The third-order valence-electron chi connectivity index (χ3n) is 4.11. The molecule has 0 bridgehead atoms. The van der Waals surface area contributed by atoms with Gasteiger partial charge in [-0.2, -0.15) is 5.10 Å². The Hall–Kier alpha value is -2.47. The van der Waals surface area contributed by atoms with Crippen LogP contribution in [0.3, 0.4) is 0 Å². The van der Waals surface area contributed by atoms with Crippen LogP contribution >= 0.6 is 0 Å². The van der Waals surface area contributed by atoms with Crippen LogP contribution in [0.4, 0.5) is 11.5 Å². The third-order valence-corrected chi connectivity index (χ3v) is 4.11. The van der Waals surface area contributed by atoms with Gasteiger partial charge in [-0.05, 0) is 50.1 Å². The summed E-state index contributed by atoms with van der Waals surface area (Å²) in [4.78, 5) is 12.2. The van der Waals surface area contributed by atoms with Gasteiger partial charge < -0.3 is 15.7 Å². The van der Waals surface area contributed by atoms with Crippen molar-refractivity contribution in [2.45, 2.75) is 19.8 Å². The second kappa shape index (κ2) is 6.34. The van der Waals surface area contributed by atoms with Crippen molar-refractivity contribution >= 4 is 17.4 Å². The van der Waals surface area contributed by atoms with Crippen molar-refractivity contribution in [3.63, 3.8) is 0 Å². The van der Waals surface area contributed by atoms with Crippen molar-refractivity contribution in [2.75, 3.05) is 18.5 Å². The lowest BCUT2D eigenvalue weighted by Gasteiger charge is -2.13. The molecular formula is C17H20N4O2.